The van der Waals surface area contributed by atoms with Gasteiger partial charge in [-0.05, 0) is 36.2 Å². The van der Waals surface area contributed by atoms with E-state index in [1.807, 2.05) is 48.5 Å². The Kier molecular flexibility index (Phi) is 4.61. The molecule has 0 aliphatic rings. The fourth-order valence-electron chi connectivity index (χ4n) is 2.99. The van der Waals surface area contributed by atoms with Crippen molar-refractivity contribution in [3.8, 4) is 11.6 Å². The minimum atomic E-state index is 0.547. The highest BCUT2D eigenvalue weighted by molar-refractivity contribution is 5.86. The average Bonchev–Trinajstić information content (AvgIpc) is 3.02. The molecule has 0 amide bonds. The Morgan fingerprint density at radius 2 is 1.35 bits per heavy atom. The Balaban J connectivity index is 1.50. The number of benzene rings is 3. The normalized spacial score (nSPS) is 10.8. The van der Waals surface area contributed by atoms with Crippen molar-refractivity contribution in [1.29, 1.82) is 0 Å². The predicted octanol–water partition coefficient (Wildman–Crippen LogP) is 5.63. The first-order valence-electron chi connectivity index (χ1n) is 8.75. The second-order valence-corrected chi connectivity index (χ2v) is 6.34. The van der Waals surface area contributed by atoms with Crippen LogP contribution in [0, 0.1) is 6.92 Å². The SMILES string of the molecule is Cc1c(OCc2ccccc2)[nH]c2ccc(OCc3ccccc3)cc12. The molecule has 1 N–H and O–H groups in total. The molecule has 0 spiro atoms. The van der Waals surface area contributed by atoms with E-state index in [4.69, 9.17) is 9.47 Å². The van der Waals surface area contributed by atoms with Crippen LogP contribution in [-0.4, -0.2) is 4.98 Å². The molecule has 0 unspecified atom stereocenters. The van der Waals surface area contributed by atoms with Gasteiger partial charge < -0.3 is 14.5 Å². The first-order valence-corrected chi connectivity index (χ1v) is 8.75. The third-order valence-corrected chi connectivity index (χ3v) is 4.46. The van der Waals surface area contributed by atoms with Crippen LogP contribution >= 0.6 is 0 Å². The molecule has 1 aromatic heterocycles. The highest BCUT2D eigenvalue weighted by Gasteiger charge is 2.10. The number of aryl methyl sites for hydroxylation is 1. The summed E-state index contributed by atoms with van der Waals surface area (Å²) in [6.45, 7) is 3.18. The number of aromatic amines is 1. The van der Waals surface area contributed by atoms with Gasteiger partial charge >= 0.3 is 0 Å². The zero-order valence-electron chi connectivity index (χ0n) is 14.7. The number of nitrogens with one attached hydrogen (secondary N) is 1. The summed E-state index contributed by atoms with van der Waals surface area (Å²) in [6, 6.07) is 26.5. The summed E-state index contributed by atoms with van der Waals surface area (Å²) in [5.74, 6) is 1.67. The molecule has 4 rings (SSSR count). The van der Waals surface area contributed by atoms with Gasteiger partial charge in [0.25, 0.3) is 0 Å². The van der Waals surface area contributed by atoms with E-state index in [0.717, 1.165) is 39.2 Å². The third-order valence-electron chi connectivity index (χ3n) is 4.46. The van der Waals surface area contributed by atoms with E-state index < -0.39 is 0 Å². The summed E-state index contributed by atoms with van der Waals surface area (Å²) in [7, 11) is 0. The molecule has 4 aromatic rings. The van der Waals surface area contributed by atoms with E-state index in [9.17, 15) is 0 Å². The van der Waals surface area contributed by atoms with Gasteiger partial charge in [-0.1, -0.05) is 60.7 Å². The summed E-state index contributed by atoms with van der Waals surface area (Å²) in [5.41, 5.74) is 4.46. The number of fused-ring (bicyclic) bond motifs is 1. The van der Waals surface area contributed by atoms with Crippen LogP contribution in [0.15, 0.2) is 78.9 Å². The van der Waals surface area contributed by atoms with Crippen LogP contribution in [0.5, 0.6) is 11.6 Å². The van der Waals surface area contributed by atoms with Crippen molar-refractivity contribution in [3.05, 3.63) is 95.6 Å². The lowest BCUT2D eigenvalue weighted by Gasteiger charge is -2.06. The second kappa shape index (κ2) is 7.36. The van der Waals surface area contributed by atoms with Crippen molar-refractivity contribution < 1.29 is 9.47 Å². The maximum absolute atomic E-state index is 5.98. The van der Waals surface area contributed by atoms with Gasteiger partial charge in [0.05, 0.1) is 0 Å². The minimum absolute atomic E-state index is 0.547. The van der Waals surface area contributed by atoms with Crippen molar-refractivity contribution in [1.82, 2.24) is 4.98 Å². The maximum Gasteiger partial charge on any atom is 0.195 e. The molecule has 3 aromatic carbocycles. The summed E-state index contributed by atoms with van der Waals surface area (Å²) in [4.78, 5) is 3.36. The first kappa shape index (κ1) is 16.3. The smallest absolute Gasteiger partial charge is 0.195 e. The largest absolute Gasteiger partial charge is 0.489 e. The second-order valence-electron chi connectivity index (χ2n) is 6.34. The number of hydrogen-bond acceptors (Lipinski definition) is 2. The van der Waals surface area contributed by atoms with Crippen LogP contribution < -0.4 is 9.47 Å². The summed E-state index contributed by atoms with van der Waals surface area (Å²) >= 11 is 0. The number of aromatic nitrogens is 1. The van der Waals surface area contributed by atoms with E-state index in [1.165, 1.54) is 0 Å². The van der Waals surface area contributed by atoms with Crippen LogP contribution in [0.25, 0.3) is 10.9 Å². The molecule has 3 nitrogen and oxygen atoms in total. The molecule has 0 aliphatic heterocycles. The molecule has 26 heavy (non-hydrogen) atoms. The lowest BCUT2D eigenvalue weighted by molar-refractivity contribution is 0.294. The number of H-pyrrole nitrogens is 1. The lowest BCUT2D eigenvalue weighted by atomic mass is 10.2. The van der Waals surface area contributed by atoms with Crippen LogP contribution in [0.4, 0.5) is 0 Å². The molecule has 0 fully saturated rings. The maximum atomic E-state index is 5.98. The Bertz CT molecular complexity index is 991. The van der Waals surface area contributed by atoms with Gasteiger partial charge in [-0.3, -0.25) is 0 Å². The minimum Gasteiger partial charge on any atom is -0.489 e. The monoisotopic (exact) mass is 343 g/mol. The molecule has 0 aliphatic carbocycles. The van der Waals surface area contributed by atoms with Gasteiger partial charge in [-0.25, -0.2) is 0 Å². The summed E-state index contributed by atoms with van der Waals surface area (Å²) < 4.78 is 11.9. The molecule has 3 heteroatoms. The Morgan fingerprint density at radius 1 is 0.731 bits per heavy atom. The molecule has 0 saturated carbocycles. The van der Waals surface area contributed by atoms with Crippen molar-refractivity contribution in [3.63, 3.8) is 0 Å². The molecular formula is C23H21NO2. The number of hydrogen-bond donors (Lipinski definition) is 1. The van der Waals surface area contributed by atoms with Gasteiger partial charge in [0.1, 0.15) is 19.0 Å². The quantitative estimate of drug-likeness (QED) is 0.492. The highest BCUT2D eigenvalue weighted by atomic mass is 16.5. The fourth-order valence-corrected chi connectivity index (χ4v) is 2.99. The van der Waals surface area contributed by atoms with Crippen molar-refractivity contribution in [2.24, 2.45) is 0 Å². The van der Waals surface area contributed by atoms with E-state index in [2.05, 4.69) is 42.2 Å². The summed E-state index contributed by atoms with van der Waals surface area (Å²) in [6.07, 6.45) is 0. The summed E-state index contributed by atoms with van der Waals surface area (Å²) in [5, 5.41) is 1.12. The van der Waals surface area contributed by atoms with E-state index >= 15 is 0 Å². The molecule has 0 bridgehead atoms. The first-order chi connectivity index (χ1) is 12.8. The van der Waals surface area contributed by atoms with Crippen LogP contribution in [-0.2, 0) is 13.2 Å². The molecule has 130 valence electrons. The molecule has 0 saturated heterocycles. The van der Waals surface area contributed by atoms with Crippen molar-refractivity contribution in [2.75, 3.05) is 0 Å². The molecular weight excluding hydrogens is 322 g/mol. The van der Waals surface area contributed by atoms with Gasteiger partial charge in [-0.15, -0.1) is 0 Å². The third kappa shape index (κ3) is 3.57. The van der Waals surface area contributed by atoms with Gasteiger partial charge in [0.15, 0.2) is 5.88 Å². The van der Waals surface area contributed by atoms with Crippen molar-refractivity contribution >= 4 is 10.9 Å². The standard InChI is InChI=1S/C23H21NO2/c1-17-21-14-20(25-15-18-8-4-2-5-9-18)12-13-22(21)24-23(17)26-16-19-10-6-3-7-11-19/h2-14,24H,15-16H2,1H3. The Morgan fingerprint density at radius 3 is 2.00 bits per heavy atom. The molecule has 0 radical (unpaired) electrons. The van der Waals surface area contributed by atoms with Gasteiger partial charge in [0.2, 0.25) is 0 Å². The Hall–Kier alpha value is -3.20. The van der Waals surface area contributed by atoms with Crippen LogP contribution in [0.1, 0.15) is 16.7 Å². The fraction of sp³-hybridized carbons (Fsp3) is 0.130. The van der Waals surface area contributed by atoms with E-state index in [-0.39, 0.29) is 0 Å². The average molecular weight is 343 g/mol. The zero-order valence-corrected chi connectivity index (χ0v) is 14.7. The zero-order chi connectivity index (χ0) is 17.8. The van der Waals surface area contributed by atoms with E-state index in [0.29, 0.717) is 13.2 Å². The molecule has 1 heterocycles. The topological polar surface area (TPSA) is 34.2 Å². The number of rotatable bonds is 6. The Labute approximate surface area is 153 Å². The van der Waals surface area contributed by atoms with Crippen molar-refractivity contribution in [2.45, 2.75) is 20.1 Å². The van der Waals surface area contributed by atoms with E-state index in [1.54, 1.807) is 0 Å². The van der Waals surface area contributed by atoms with Gasteiger partial charge in [-0.2, -0.15) is 0 Å². The van der Waals surface area contributed by atoms with Gasteiger partial charge in [0, 0.05) is 16.5 Å². The molecule has 0 atom stereocenters. The number of ether oxygens (including phenoxy) is 2. The predicted molar refractivity (Wildman–Crippen MR) is 105 cm³/mol. The highest BCUT2D eigenvalue weighted by Crippen LogP contribution is 2.31. The van der Waals surface area contributed by atoms with Crippen LogP contribution in [0.2, 0.25) is 0 Å². The van der Waals surface area contributed by atoms with Crippen LogP contribution in [0.3, 0.4) is 0 Å². The lowest BCUT2D eigenvalue weighted by Crippen LogP contribution is -1.96.